The van der Waals surface area contributed by atoms with Crippen LogP contribution >= 0.6 is 11.6 Å². The molecule has 1 fully saturated rings. The Kier molecular flexibility index (Phi) is 9.62. The van der Waals surface area contributed by atoms with Crippen LogP contribution in [0.3, 0.4) is 0 Å². The molecule has 2 atom stereocenters. The average molecular weight is 497 g/mol. The van der Waals surface area contributed by atoms with Gasteiger partial charge in [0.1, 0.15) is 4.90 Å². The molecule has 0 radical (unpaired) electrons. The molecule has 1 aliphatic rings. The van der Waals surface area contributed by atoms with Crippen LogP contribution in [0.15, 0.2) is 23.1 Å². The molecule has 0 aliphatic carbocycles. The van der Waals surface area contributed by atoms with Crippen molar-refractivity contribution in [2.24, 2.45) is 0 Å². The van der Waals surface area contributed by atoms with E-state index in [-0.39, 0.29) is 66.7 Å². The first-order valence-electron chi connectivity index (χ1n) is 10.2. The number of benzene rings is 1. The fourth-order valence-corrected chi connectivity index (χ4v) is 5.42. The summed E-state index contributed by atoms with van der Waals surface area (Å²) in [7, 11) is -4.00. The lowest BCUT2D eigenvalue weighted by atomic mass is 10.2. The molecule has 33 heavy (non-hydrogen) atoms. The molecule has 178 valence electrons. The molecule has 2 unspecified atom stereocenters. The first-order valence-corrected chi connectivity index (χ1v) is 12.1. The summed E-state index contributed by atoms with van der Waals surface area (Å²) in [6.07, 6.45) is -0.456. The number of carbonyl (C=O) groups is 2. The van der Waals surface area contributed by atoms with Gasteiger partial charge in [0, 0.05) is 26.2 Å². The summed E-state index contributed by atoms with van der Waals surface area (Å²) < 4.78 is 38.2. The minimum Gasteiger partial charge on any atom is -0.452 e. The number of nitrogens with zero attached hydrogens (tertiary/aromatic N) is 4. The van der Waals surface area contributed by atoms with Crippen LogP contribution in [0.5, 0.6) is 0 Å². The number of ether oxygens (including phenoxy) is 2. The summed E-state index contributed by atoms with van der Waals surface area (Å²) in [5, 5.41) is 17.4. The molecule has 0 aromatic heterocycles. The van der Waals surface area contributed by atoms with Crippen molar-refractivity contribution in [3.63, 3.8) is 0 Å². The Balaban J connectivity index is 2.14. The largest absolute Gasteiger partial charge is 0.452 e. The second-order valence-electron chi connectivity index (χ2n) is 7.50. The van der Waals surface area contributed by atoms with E-state index in [9.17, 15) is 18.0 Å². The lowest BCUT2D eigenvalue weighted by Gasteiger charge is -2.34. The Morgan fingerprint density at radius 1 is 1.18 bits per heavy atom. The minimum atomic E-state index is -4.00. The number of hydrogen-bond acceptors (Lipinski definition) is 8. The second kappa shape index (κ2) is 12.0. The number of morpholine rings is 1. The van der Waals surface area contributed by atoms with Crippen LogP contribution in [0.1, 0.15) is 37.0 Å². The minimum absolute atomic E-state index is 0.0476. The fourth-order valence-electron chi connectivity index (χ4n) is 3.33. The maximum atomic E-state index is 13.2. The lowest BCUT2D eigenvalue weighted by molar-refractivity contribution is -0.134. The van der Waals surface area contributed by atoms with Crippen LogP contribution < -0.4 is 0 Å². The molecule has 1 aromatic rings. The highest BCUT2D eigenvalue weighted by Gasteiger charge is 2.34. The zero-order valence-corrected chi connectivity index (χ0v) is 19.9. The van der Waals surface area contributed by atoms with E-state index in [2.05, 4.69) is 0 Å². The van der Waals surface area contributed by atoms with E-state index in [1.54, 1.807) is 13.8 Å². The van der Waals surface area contributed by atoms with Gasteiger partial charge >= 0.3 is 5.97 Å². The normalized spacial score (nSPS) is 18.7. The first-order chi connectivity index (χ1) is 15.6. The number of halogens is 1. The predicted molar refractivity (Wildman–Crippen MR) is 118 cm³/mol. The van der Waals surface area contributed by atoms with E-state index >= 15 is 0 Å². The number of rotatable bonds is 9. The standard InChI is InChI=1S/C21H25ClN4O6S/c1-15-12-26(13-16(2)32-15)33(29,30)19-11-17(5-6-18(19)22)21(28)31-14-20(27)25(9-3-7-23)10-4-8-24/h5-6,11,15-16H,3-4,9-10,12-14H2,1-2H3. The van der Waals surface area contributed by atoms with Crippen LogP contribution in [0, 0.1) is 22.7 Å². The van der Waals surface area contributed by atoms with Gasteiger partial charge in [0.05, 0.1) is 47.8 Å². The summed E-state index contributed by atoms with van der Waals surface area (Å²) in [5.41, 5.74) is -0.0827. The molecule has 0 N–H and O–H groups in total. The third-order valence-corrected chi connectivity index (χ3v) is 7.15. The molecule has 2 rings (SSSR count). The molecule has 1 saturated heterocycles. The van der Waals surface area contributed by atoms with E-state index in [0.717, 1.165) is 6.07 Å². The SMILES string of the molecule is CC1CN(S(=O)(=O)c2cc(C(=O)OCC(=O)N(CCC#N)CCC#N)ccc2Cl)CC(C)O1. The van der Waals surface area contributed by atoms with E-state index < -0.39 is 28.5 Å². The maximum absolute atomic E-state index is 13.2. The fraction of sp³-hybridized carbons (Fsp3) is 0.524. The highest BCUT2D eigenvalue weighted by atomic mass is 35.5. The quantitative estimate of drug-likeness (QED) is 0.472. The first kappa shape index (κ1) is 26.6. The van der Waals surface area contributed by atoms with Crippen LogP contribution in [-0.4, -0.2) is 74.5 Å². The Hall–Kier alpha value is -2.70. The Labute approximate surface area is 198 Å². The van der Waals surface area contributed by atoms with Crippen molar-refractivity contribution in [1.82, 2.24) is 9.21 Å². The number of sulfonamides is 1. The third kappa shape index (κ3) is 7.14. The van der Waals surface area contributed by atoms with Gasteiger partial charge in [-0.3, -0.25) is 4.79 Å². The van der Waals surface area contributed by atoms with Gasteiger partial charge in [-0.05, 0) is 32.0 Å². The molecular weight excluding hydrogens is 472 g/mol. The zero-order chi connectivity index (χ0) is 24.6. The van der Waals surface area contributed by atoms with Crippen LogP contribution in [0.4, 0.5) is 0 Å². The Morgan fingerprint density at radius 3 is 2.30 bits per heavy atom. The van der Waals surface area contributed by atoms with Crippen molar-refractivity contribution in [2.75, 3.05) is 32.8 Å². The molecule has 1 aromatic carbocycles. The van der Waals surface area contributed by atoms with Gasteiger partial charge < -0.3 is 14.4 Å². The average Bonchev–Trinajstić information content (AvgIpc) is 2.76. The van der Waals surface area contributed by atoms with Gasteiger partial charge in [-0.15, -0.1) is 0 Å². The summed E-state index contributed by atoms with van der Waals surface area (Å²) in [6, 6.07) is 7.54. The van der Waals surface area contributed by atoms with Crippen molar-refractivity contribution in [2.45, 2.75) is 43.8 Å². The van der Waals surface area contributed by atoms with Gasteiger partial charge in [-0.25, -0.2) is 13.2 Å². The van der Waals surface area contributed by atoms with Crippen LogP contribution in [-0.2, 0) is 24.3 Å². The highest BCUT2D eigenvalue weighted by molar-refractivity contribution is 7.89. The van der Waals surface area contributed by atoms with Gasteiger partial charge in [0.25, 0.3) is 5.91 Å². The smallest absolute Gasteiger partial charge is 0.338 e. The molecule has 0 spiro atoms. The molecule has 1 amide bonds. The number of carbonyl (C=O) groups excluding carboxylic acids is 2. The summed E-state index contributed by atoms with van der Waals surface area (Å²) in [6.45, 7) is 3.42. The summed E-state index contributed by atoms with van der Waals surface area (Å²) in [5.74, 6) is -1.47. The molecular formula is C21H25ClN4O6S. The lowest BCUT2D eigenvalue weighted by Crippen LogP contribution is -2.48. The summed E-state index contributed by atoms with van der Waals surface area (Å²) >= 11 is 6.14. The van der Waals surface area contributed by atoms with Crippen LogP contribution in [0.25, 0.3) is 0 Å². The van der Waals surface area contributed by atoms with Crippen molar-refractivity contribution in [1.29, 1.82) is 10.5 Å². The molecule has 0 saturated carbocycles. The Bertz CT molecular complexity index is 1040. The maximum Gasteiger partial charge on any atom is 0.338 e. The van der Waals surface area contributed by atoms with Crippen molar-refractivity contribution in [3.05, 3.63) is 28.8 Å². The van der Waals surface area contributed by atoms with Gasteiger partial charge in [-0.1, -0.05) is 11.6 Å². The molecule has 0 bridgehead atoms. The van der Waals surface area contributed by atoms with E-state index in [1.165, 1.54) is 21.3 Å². The monoisotopic (exact) mass is 496 g/mol. The molecule has 12 heteroatoms. The number of amides is 1. The highest BCUT2D eigenvalue weighted by Crippen LogP contribution is 2.28. The van der Waals surface area contributed by atoms with Crippen molar-refractivity contribution < 1.29 is 27.5 Å². The van der Waals surface area contributed by atoms with Gasteiger partial charge in [0.15, 0.2) is 6.61 Å². The van der Waals surface area contributed by atoms with Crippen molar-refractivity contribution >= 4 is 33.5 Å². The molecule has 1 aliphatic heterocycles. The predicted octanol–water partition coefficient (Wildman–Crippen LogP) is 1.95. The molecule has 1 heterocycles. The van der Waals surface area contributed by atoms with E-state index in [1.807, 2.05) is 12.1 Å². The Morgan fingerprint density at radius 2 is 1.76 bits per heavy atom. The third-order valence-electron chi connectivity index (χ3n) is 4.84. The van der Waals surface area contributed by atoms with Crippen LogP contribution in [0.2, 0.25) is 5.02 Å². The number of nitriles is 2. The van der Waals surface area contributed by atoms with E-state index in [0.29, 0.717) is 0 Å². The summed E-state index contributed by atoms with van der Waals surface area (Å²) in [4.78, 5) is 25.9. The topological polar surface area (TPSA) is 141 Å². The second-order valence-corrected chi connectivity index (χ2v) is 9.81. The van der Waals surface area contributed by atoms with Gasteiger partial charge in [-0.2, -0.15) is 14.8 Å². The van der Waals surface area contributed by atoms with Crippen molar-refractivity contribution in [3.8, 4) is 12.1 Å². The number of esters is 1. The number of hydrogen-bond donors (Lipinski definition) is 0. The van der Waals surface area contributed by atoms with E-state index in [4.69, 9.17) is 31.6 Å². The van der Waals surface area contributed by atoms with Gasteiger partial charge in [0.2, 0.25) is 10.0 Å². The molecule has 10 nitrogen and oxygen atoms in total. The zero-order valence-electron chi connectivity index (χ0n) is 18.4.